The van der Waals surface area contributed by atoms with Crippen LogP contribution in [0.1, 0.15) is 5.56 Å². The van der Waals surface area contributed by atoms with Crippen molar-refractivity contribution in [2.45, 2.75) is 6.42 Å². The molecule has 0 fully saturated rings. The lowest BCUT2D eigenvalue weighted by atomic mass is 10.1. The van der Waals surface area contributed by atoms with Crippen molar-refractivity contribution in [1.29, 1.82) is 0 Å². The zero-order valence-electron chi connectivity index (χ0n) is 14.3. The summed E-state index contributed by atoms with van der Waals surface area (Å²) in [6.45, 7) is 0.577. The highest BCUT2D eigenvalue weighted by Crippen LogP contribution is 2.20. The number of fused-ring (bicyclic) bond motifs is 1. The number of nitrogens with one attached hydrogen (secondary N) is 2. The van der Waals surface area contributed by atoms with E-state index in [1.54, 1.807) is 0 Å². The van der Waals surface area contributed by atoms with Gasteiger partial charge in [-0.25, -0.2) is 0 Å². The molecule has 0 atom stereocenters. The van der Waals surface area contributed by atoms with Gasteiger partial charge < -0.3 is 15.4 Å². The van der Waals surface area contributed by atoms with Crippen LogP contribution in [-0.4, -0.2) is 24.2 Å². The minimum atomic E-state index is -0.282. The van der Waals surface area contributed by atoms with Gasteiger partial charge in [-0.3, -0.25) is 4.79 Å². The fourth-order valence-electron chi connectivity index (χ4n) is 2.58. The second-order valence-electron chi connectivity index (χ2n) is 5.84. The lowest BCUT2D eigenvalue weighted by Gasteiger charge is -2.11. The summed E-state index contributed by atoms with van der Waals surface area (Å²) in [7, 11) is 0. The predicted octanol–water partition coefficient (Wildman–Crippen LogP) is 3.45. The van der Waals surface area contributed by atoms with Crippen LogP contribution >= 0.6 is 12.2 Å². The van der Waals surface area contributed by atoms with Gasteiger partial charge in [-0.1, -0.05) is 60.7 Å². The molecule has 5 heteroatoms. The smallest absolute Gasteiger partial charge is 0.264 e. The van der Waals surface area contributed by atoms with Crippen molar-refractivity contribution >= 4 is 34.0 Å². The summed E-state index contributed by atoms with van der Waals surface area (Å²) in [6, 6.07) is 23.8. The molecule has 0 aromatic heterocycles. The first-order chi connectivity index (χ1) is 12.7. The van der Waals surface area contributed by atoms with Crippen LogP contribution in [0.15, 0.2) is 72.8 Å². The predicted molar refractivity (Wildman–Crippen MR) is 108 cm³/mol. The van der Waals surface area contributed by atoms with Crippen LogP contribution in [-0.2, 0) is 11.2 Å². The molecule has 0 aliphatic rings. The molecule has 0 bridgehead atoms. The van der Waals surface area contributed by atoms with E-state index in [1.165, 1.54) is 5.56 Å². The first kappa shape index (κ1) is 17.9. The minimum Gasteiger partial charge on any atom is -0.484 e. The Hall–Kier alpha value is -2.92. The van der Waals surface area contributed by atoms with Gasteiger partial charge >= 0.3 is 0 Å². The standard InChI is InChI=1S/C21H20N2O2S/c24-20(23-21(26)22-13-12-16-6-2-1-3-7-16)15-25-19-11-10-17-8-4-5-9-18(17)14-19/h1-11,14H,12-13,15H2,(H2,22,23,24,26). The van der Waals surface area contributed by atoms with Gasteiger partial charge in [0.15, 0.2) is 11.7 Å². The average molecular weight is 364 g/mol. The monoisotopic (exact) mass is 364 g/mol. The van der Waals surface area contributed by atoms with E-state index in [4.69, 9.17) is 17.0 Å². The summed E-state index contributed by atoms with van der Waals surface area (Å²) in [5.74, 6) is 0.372. The fraction of sp³-hybridized carbons (Fsp3) is 0.143. The summed E-state index contributed by atoms with van der Waals surface area (Å²) < 4.78 is 5.55. The van der Waals surface area contributed by atoms with Crippen molar-refractivity contribution in [2.24, 2.45) is 0 Å². The number of thiocarbonyl (C=S) groups is 1. The van der Waals surface area contributed by atoms with Crippen LogP contribution < -0.4 is 15.4 Å². The van der Waals surface area contributed by atoms with Crippen molar-refractivity contribution < 1.29 is 9.53 Å². The van der Waals surface area contributed by atoms with E-state index in [0.717, 1.165) is 17.2 Å². The zero-order chi connectivity index (χ0) is 18.2. The van der Waals surface area contributed by atoms with Crippen LogP contribution in [0.3, 0.4) is 0 Å². The number of carbonyl (C=O) groups is 1. The lowest BCUT2D eigenvalue weighted by Crippen LogP contribution is -2.42. The van der Waals surface area contributed by atoms with E-state index in [0.29, 0.717) is 17.4 Å². The molecule has 0 radical (unpaired) electrons. The Kier molecular flexibility index (Phi) is 6.17. The second kappa shape index (κ2) is 8.97. The van der Waals surface area contributed by atoms with Gasteiger partial charge in [-0.05, 0) is 47.1 Å². The topological polar surface area (TPSA) is 50.4 Å². The third-order valence-electron chi connectivity index (χ3n) is 3.89. The van der Waals surface area contributed by atoms with E-state index in [2.05, 4.69) is 22.8 Å². The number of benzene rings is 3. The van der Waals surface area contributed by atoms with Crippen molar-refractivity contribution in [2.75, 3.05) is 13.2 Å². The van der Waals surface area contributed by atoms with Gasteiger partial charge in [0.25, 0.3) is 5.91 Å². The Labute approximate surface area is 158 Å². The molecule has 1 amide bonds. The van der Waals surface area contributed by atoms with Gasteiger partial charge in [0.05, 0.1) is 0 Å². The molecule has 0 saturated carbocycles. The summed E-state index contributed by atoms with van der Waals surface area (Å²) in [4.78, 5) is 12.0. The number of ether oxygens (including phenoxy) is 1. The Morgan fingerprint density at radius 1 is 0.923 bits per heavy atom. The summed E-state index contributed by atoms with van der Waals surface area (Å²) in [6.07, 6.45) is 0.838. The van der Waals surface area contributed by atoms with Crippen LogP contribution in [0.2, 0.25) is 0 Å². The van der Waals surface area contributed by atoms with Crippen molar-refractivity contribution in [1.82, 2.24) is 10.6 Å². The van der Waals surface area contributed by atoms with Gasteiger partial charge in [0.2, 0.25) is 0 Å². The average Bonchev–Trinajstić information content (AvgIpc) is 2.67. The SMILES string of the molecule is O=C(COc1ccc2ccccc2c1)NC(=S)NCCc1ccccc1. The molecular weight excluding hydrogens is 344 g/mol. The molecule has 3 aromatic carbocycles. The van der Waals surface area contributed by atoms with Crippen LogP contribution in [0.4, 0.5) is 0 Å². The maximum absolute atomic E-state index is 12.0. The Bertz CT molecular complexity index is 897. The fourth-order valence-corrected chi connectivity index (χ4v) is 2.79. The van der Waals surface area contributed by atoms with Gasteiger partial charge in [0.1, 0.15) is 5.75 Å². The number of amides is 1. The first-order valence-corrected chi connectivity index (χ1v) is 8.85. The van der Waals surface area contributed by atoms with Crippen molar-refractivity contribution in [3.05, 3.63) is 78.4 Å². The van der Waals surface area contributed by atoms with E-state index in [-0.39, 0.29) is 12.5 Å². The third-order valence-corrected chi connectivity index (χ3v) is 4.13. The third kappa shape index (κ3) is 5.29. The molecule has 3 aromatic rings. The van der Waals surface area contributed by atoms with E-state index in [1.807, 2.05) is 60.7 Å². The largest absolute Gasteiger partial charge is 0.484 e. The van der Waals surface area contributed by atoms with Crippen LogP contribution in [0, 0.1) is 0 Å². The zero-order valence-corrected chi connectivity index (χ0v) is 15.1. The molecule has 0 aliphatic heterocycles. The highest BCUT2D eigenvalue weighted by atomic mass is 32.1. The molecule has 4 nitrogen and oxygen atoms in total. The number of hydrogen-bond acceptors (Lipinski definition) is 3. The highest BCUT2D eigenvalue weighted by molar-refractivity contribution is 7.80. The Morgan fingerprint density at radius 2 is 1.65 bits per heavy atom. The molecule has 2 N–H and O–H groups in total. The number of rotatable bonds is 6. The highest BCUT2D eigenvalue weighted by Gasteiger charge is 2.06. The molecular formula is C21H20N2O2S. The van der Waals surface area contributed by atoms with Crippen LogP contribution in [0.5, 0.6) is 5.75 Å². The maximum Gasteiger partial charge on any atom is 0.264 e. The summed E-state index contributed by atoms with van der Waals surface area (Å²) >= 11 is 5.14. The second-order valence-corrected chi connectivity index (χ2v) is 6.25. The Balaban J connectivity index is 1.40. The lowest BCUT2D eigenvalue weighted by molar-refractivity contribution is -0.121. The minimum absolute atomic E-state index is 0.0845. The quantitative estimate of drug-likeness (QED) is 0.658. The number of hydrogen-bond donors (Lipinski definition) is 2. The summed E-state index contributed by atoms with van der Waals surface area (Å²) in [5.41, 5.74) is 1.22. The van der Waals surface area contributed by atoms with E-state index in [9.17, 15) is 4.79 Å². The molecule has 0 heterocycles. The first-order valence-electron chi connectivity index (χ1n) is 8.44. The molecule has 0 spiro atoms. The van der Waals surface area contributed by atoms with Crippen molar-refractivity contribution in [3.8, 4) is 5.75 Å². The molecule has 0 aliphatic carbocycles. The molecule has 0 saturated heterocycles. The maximum atomic E-state index is 12.0. The van der Waals surface area contributed by atoms with Gasteiger partial charge in [-0.2, -0.15) is 0 Å². The normalized spacial score (nSPS) is 10.3. The number of carbonyl (C=O) groups excluding carboxylic acids is 1. The van der Waals surface area contributed by atoms with E-state index < -0.39 is 0 Å². The van der Waals surface area contributed by atoms with Crippen molar-refractivity contribution in [3.63, 3.8) is 0 Å². The molecule has 3 rings (SSSR count). The van der Waals surface area contributed by atoms with Gasteiger partial charge in [0, 0.05) is 6.54 Å². The molecule has 0 unspecified atom stereocenters. The molecule has 26 heavy (non-hydrogen) atoms. The van der Waals surface area contributed by atoms with Gasteiger partial charge in [-0.15, -0.1) is 0 Å². The Morgan fingerprint density at radius 3 is 2.46 bits per heavy atom. The summed E-state index contributed by atoms with van der Waals surface area (Å²) in [5, 5.41) is 8.18. The van der Waals surface area contributed by atoms with Crippen LogP contribution in [0.25, 0.3) is 10.8 Å². The molecule has 132 valence electrons. The van der Waals surface area contributed by atoms with E-state index >= 15 is 0 Å².